The highest BCUT2D eigenvalue weighted by Crippen LogP contribution is 2.73. The monoisotopic (exact) mass is 378 g/mol. The lowest BCUT2D eigenvalue weighted by Crippen LogP contribution is -2.19. The molecule has 0 rings (SSSR count). The Labute approximate surface area is 139 Å². The number of alkyl halides is 1. The van der Waals surface area contributed by atoms with Gasteiger partial charge >= 0.3 is 15.2 Å². The SMILES string of the molecule is CC(C)OP(=O)(OC(C)C)C(Cl)P(=O)(OC(C)C)OC(C)C. The largest absolute Gasteiger partial charge is 0.361 e. The third-order valence-electron chi connectivity index (χ3n) is 1.95. The van der Waals surface area contributed by atoms with Gasteiger partial charge in [0.15, 0.2) is 0 Å². The van der Waals surface area contributed by atoms with Gasteiger partial charge in [0.1, 0.15) is 0 Å². The van der Waals surface area contributed by atoms with Crippen LogP contribution < -0.4 is 0 Å². The quantitative estimate of drug-likeness (QED) is 0.364. The first-order chi connectivity index (χ1) is 9.82. The Morgan fingerprint density at radius 3 is 0.909 bits per heavy atom. The van der Waals surface area contributed by atoms with Crippen LogP contribution in [0.5, 0.6) is 0 Å². The van der Waals surface area contributed by atoms with Gasteiger partial charge in [-0.05, 0) is 55.4 Å². The van der Waals surface area contributed by atoms with Gasteiger partial charge in [0.05, 0.1) is 24.4 Å². The van der Waals surface area contributed by atoms with E-state index in [1.165, 1.54) is 0 Å². The molecule has 0 aromatic carbocycles. The van der Waals surface area contributed by atoms with Crippen LogP contribution in [0.3, 0.4) is 0 Å². The van der Waals surface area contributed by atoms with Crippen LogP contribution >= 0.6 is 26.8 Å². The number of hydrogen-bond acceptors (Lipinski definition) is 6. The fraction of sp³-hybridized carbons (Fsp3) is 1.00. The second kappa shape index (κ2) is 9.17. The summed E-state index contributed by atoms with van der Waals surface area (Å²) >= 11 is 6.25. The van der Waals surface area contributed by atoms with E-state index in [1.807, 2.05) is 0 Å². The van der Waals surface area contributed by atoms with E-state index in [1.54, 1.807) is 55.4 Å². The van der Waals surface area contributed by atoms with E-state index in [4.69, 9.17) is 29.7 Å². The first-order valence-corrected chi connectivity index (χ1v) is 11.1. The zero-order valence-corrected chi connectivity index (χ0v) is 17.2. The van der Waals surface area contributed by atoms with E-state index in [-0.39, 0.29) is 0 Å². The number of halogens is 1. The van der Waals surface area contributed by atoms with E-state index in [9.17, 15) is 9.13 Å². The Balaban J connectivity index is 5.65. The smallest absolute Gasteiger partial charge is 0.304 e. The van der Waals surface area contributed by atoms with Gasteiger partial charge in [-0.1, -0.05) is 11.6 Å². The summed E-state index contributed by atoms with van der Waals surface area (Å²) in [4.78, 5) is -1.53. The number of rotatable bonds is 10. The minimum absolute atomic E-state index is 0.419. The molecule has 9 heteroatoms. The Morgan fingerprint density at radius 2 is 0.773 bits per heavy atom. The lowest BCUT2D eigenvalue weighted by atomic mass is 10.5. The van der Waals surface area contributed by atoms with Crippen molar-refractivity contribution in [3.63, 3.8) is 0 Å². The molecule has 0 aliphatic rings. The van der Waals surface area contributed by atoms with Gasteiger partial charge in [-0.25, -0.2) is 0 Å². The maximum atomic E-state index is 13.0. The highest BCUT2D eigenvalue weighted by molar-refractivity contribution is 7.75. The predicted octanol–water partition coefficient (Wildman–Crippen LogP) is 5.60. The van der Waals surface area contributed by atoms with Crippen LogP contribution in [0.4, 0.5) is 0 Å². The molecule has 0 spiro atoms. The Kier molecular flexibility index (Phi) is 9.42. The molecule has 0 aliphatic heterocycles. The molecule has 0 aromatic heterocycles. The fourth-order valence-corrected chi connectivity index (χ4v) is 7.04. The highest BCUT2D eigenvalue weighted by atomic mass is 35.5. The first kappa shape index (κ1) is 22.6. The molecule has 22 heavy (non-hydrogen) atoms. The lowest BCUT2D eigenvalue weighted by molar-refractivity contribution is 0.128. The molecule has 0 saturated heterocycles. The number of hydrogen-bond donors (Lipinski definition) is 0. The van der Waals surface area contributed by atoms with Crippen molar-refractivity contribution in [1.82, 2.24) is 0 Å². The van der Waals surface area contributed by atoms with Gasteiger partial charge in [0, 0.05) is 0 Å². The average molecular weight is 379 g/mol. The van der Waals surface area contributed by atoms with Gasteiger partial charge in [-0.15, -0.1) is 0 Å². The molecule has 0 aliphatic carbocycles. The highest BCUT2D eigenvalue weighted by Gasteiger charge is 2.52. The van der Waals surface area contributed by atoms with Crippen molar-refractivity contribution >= 4 is 26.8 Å². The topological polar surface area (TPSA) is 71.1 Å². The summed E-state index contributed by atoms with van der Waals surface area (Å²) in [7, 11) is -7.81. The van der Waals surface area contributed by atoms with Gasteiger partial charge < -0.3 is 18.1 Å². The first-order valence-electron chi connectivity index (χ1n) is 7.39. The molecule has 134 valence electrons. The van der Waals surface area contributed by atoms with Gasteiger partial charge in [0.2, 0.25) is 4.86 Å². The molecule has 0 bridgehead atoms. The molecule has 0 radical (unpaired) electrons. The molecule has 6 nitrogen and oxygen atoms in total. The Bertz CT molecular complexity index is 359. The van der Waals surface area contributed by atoms with E-state index in [0.29, 0.717) is 0 Å². The molecule has 0 saturated carbocycles. The lowest BCUT2D eigenvalue weighted by Gasteiger charge is -2.32. The average Bonchev–Trinajstić information content (AvgIpc) is 2.22. The summed E-state index contributed by atoms with van der Waals surface area (Å²) in [5.74, 6) is 0. The maximum Gasteiger partial charge on any atom is 0.361 e. The van der Waals surface area contributed by atoms with Crippen molar-refractivity contribution in [2.75, 3.05) is 0 Å². The Hall–Kier alpha value is 0.590. The van der Waals surface area contributed by atoms with Crippen molar-refractivity contribution < 1.29 is 27.2 Å². The van der Waals surface area contributed by atoms with Crippen LogP contribution in [-0.2, 0) is 27.2 Å². The molecular formula is C13H29ClO6P2. The second-order valence-electron chi connectivity index (χ2n) is 6.01. The summed E-state index contributed by atoms with van der Waals surface area (Å²) in [5, 5.41) is 0. The van der Waals surface area contributed by atoms with Crippen molar-refractivity contribution in [3.8, 4) is 0 Å². The molecule has 0 atom stereocenters. The van der Waals surface area contributed by atoms with Crippen LogP contribution in [0.1, 0.15) is 55.4 Å². The molecular weight excluding hydrogens is 350 g/mol. The van der Waals surface area contributed by atoms with Gasteiger partial charge in [-0.3, -0.25) is 9.13 Å². The molecule has 0 unspecified atom stereocenters. The molecule has 0 heterocycles. The summed E-state index contributed by atoms with van der Waals surface area (Å²) in [5.41, 5.74) is 0. The zero-order chi connectivity index (χ0) is 17.7. The molecule has 0 aromatic rings. The van der Waals surface area contributed by atoms with Crippen molar-refractivity contribution in [2.24, 2.45) is 0 Å². The van der Waals surface area contributed by atoms with E-state index in [2.05, 4.69) is 0 Å². The molecule has 0 fully saturated rings. The molecule has 0 N–H and O–H groups in total. The van der Waals surface area contributed by atoms with Crippen molar-refractivity contribution in [2.45, 2.75) is 84.7 Å². The molecule has 0 amide bonds. The van der Waals surface area contributed by atoms with Crippen LogP contribution in [0.15, 0.2) is 0 Å². The van der Waals surface area contributed by atoms with Gasteiger partial charge in [0.25, 0.3) is 0 Å². The summed E-state index contributed by atoms with van der Waals surface area (Å²) in [6.07, 6.45) is -1.68. The van der Waals surface area contributed by atoms with E-state index in [0.717, 1.165) is 0 Å². The zero-order valence-electron chi connectivity index (χ0n) is 14.6. The Morgan fingerprint density at radius 1 is 0.591 bits per heavy atom. The summed E-state index contributed by atoms with van der Waals surface area (Å²) < 4.78 is 47.6. The van der Waals surface area contributed by atoms with E-state index < -0.39 is 44.5 Å². The van der Waals surface area contributed by atoms with Crippen LogP contribution in [-0.4, -0.2) is 29.3 Å². The van der Waals surface area contributed by atoms with Crippen LogP contribution in [0.25, 0.3) is 0 Å². The second-order valence-corrected chi connectivity index (χ2v) is 11.5. The maximum absolute atomic E-state index is 13.0. The normalized spacial score (nSPS) is 14.1. The van der Waals surface area contributed by atoms with Crippen LogP contribution in [0, 0.1) is 0 Å². The predicted molar refractivity (Wildman–Crippen MR) is 89.7 cm³/mol. The van der Waals surface area contributed by atoms with Crippen molar-refractivity contribution in [1.29, 1.82) is 0 Å². The summed E-state index contributed by atoms with van der Waals surface area (Å²) in [6, 6.07) is 0. The minimum Gasteiger partial charge on any atom is -0.304 e. The van der Waals surface area contributed by atoms with Gasteiger partial charge in [-0.2, -0.15) is 0 Å². The fourth-order valence-electron chi connectivity index (χ4n) is 1.60. The summed E-state index contributed by atoms with van der Waals surface area (Å²) in [6.45, 7) is 13.5. The standard InChI is InChI=1S/C13H29ClO6P2/c1-9(2)17-21(15,18-10(3)4)13(14)22(16,19-11(5)6)20-12(7)8/h9-13H,1-8H3. The minimum atomic E-state index is -3.90. The van der Waals surface area contributed by atoms with E-state index >= 15 is 0 Å². The van der Waals surface area contributed by atoms with Crippen molar-refractivity contribution in [3.05, 3.63) is 0 Å². The van der Waals surface area contributed by atoms with Crippen LogP contribution in [0.2, 0.25) is 0 Å². The third kappa shape index (κ3) is 7.44. The third-order valence-corrected chi connectivity index (χ3v) is 8.99.